The highest BCUT2D eigenvalue weighted by Gasteiger charge is 2.30. The standard InChI is InChI=1S/C23H30N4O3S/c1-24-23(26-14-11-20(17-26)18-7-9-21(30-2)10-8-18)25-13-16-31(28,29)27-15-12-19-5-3-4-6-22(19)27/h3-10,20H,11-17H2,1-2H3,(H,24,25). The number of sulfonamides is 1. The zero-order valence-electron chi connectivity index (χ0n) is 18.1. The number of methoxy groups -OCH3 is 1. The molecule has 31 heavy (non-hydrogen) atoms. The van der Waals surface area contributed by atoms with Crippen molar-refractivity contribution in [1.82, 2.24) is 10.2 Å². The lowest BCUT2D eigenvalue weighted by Crippen LogP contribution is -2.43. The highest BCUT2D eigenvalue weighted by molar-refractivity contribution is 7.92. The van der Waals surface area contributed by atoms with E-state index in [2.05, 4.69) is 27.3 Å². The molecule has 0 saturated carbocycles. The lowest BCUT2D eigenvalue weighted by atomic mass is 9.98. The normalized spacial score (nSPS) is 18.9. The van der Waals surface area contributed by atoms with Crippen molar-refractivity contribution in [2.75, 3.05) is 50.4 Å². The first-order valence-electron chi connectivity index (χ1n) is 10.7. The zero-order chi connectivity index (χ0) is 21.8. The molecule has 8 heteroatoms. The summed E-state index contributed by atoms with van der Waals surface area (Å²) in [5.74, 6) is 2.08. The fourth-order valence-corrected chi connectivity index (χ4v) is 5.86. The van der Waals surface area contributed by atoms with Gasteiger partial charge in [0.1, 0.15) is 5.75 Å². The highest BCUT2D eigenvalue weighted by atomic mass is 32.2. The number of likely N-dealkylation sites (tertiary alicyclic amines) is 1. The van der Waals surface area contributed by atoms with E-state index in [0.29, 0.717) is 19.0 Å². The van der Waals surface area contributed by atoms with Gasteiger partial charge in [0.25, 0.3) is 0 Å². The average Bonchev–Trinajstić information content (AvgIpc) is 3.45. The summed E-state index contributed by atoms with van der Waals surface area (Å²) in [4.78, 5) is 6.58. The van der Waals surface area contributed by atoms with E-state index in [1.807, 2.05) is 36.4 Å². The van der Waals surface area contributed by atoms with Gasteiger partial charge in [-0.25, -0.2) is 8.42 Å². The largest absolute Gasteiger partial charge is 0.497 e. The first kappa shape index (κ1) is 21.5. The van der Waals surface area contributed by atoms with Crippen molar-refractivity contribution in [2.24, 2.45) is 4.99 Å². The molecule has 0 aromatic heterocycles. The molecule has 2 aromatic carbocycles. The van der Waals surface area contributed by atoms with Crippen LogP contribution in [0.5, 0.6) is 5.75 Å². The number of fused-ring (bicyclic) bond motifs is 1. The van der Waals surface area contributed by atoms with Crippen molar-refractivity contribution < 1.29 is 13.2 Å². The maximum absolute atomic E-state index is 12.9. The van der Waals surface area contributed by atoms with E-state index < -0.39 is 10.0 Å². The number of rotatable bonds is 6. The number of guanidine groups is 1. The Hall–Kier alpha value is -2.74. The molecule has 1 atom stereocenters. The second-order valence-electron chi connectivity index (χ2n) is 7.95. The molecular weight excluding hydrogens is 412 g/mol. The molecule has 4 rings (SSSR count). The molecule has 1 unspecified atom stereocenters. The summed E-state index contributed by atoms with van der Waals surface area (Å²) in [5, 5.41) is 3.26. The molecule has 2 aliphatic heterocycles. The third kappa shape index (κ3) is 4.63. The molecule has 1 saturated heterocycles. The Bertz CT molecular complexity index is 1040. The van der Waals surface area contributed by atoms with Gasteiger partial charge in [0, 0.05) is 39.1 Å². The van der Waals surface area contributed by atoms with Crippen LogP contribution in [0.2, 0.25) is 0 Å². The number of benzene rings is 2. The van der Waals surface area contributed by atoms with Crippen LogP contribution in [-0.2, 0) is 16.4 Å². The number of para-hydroxylation sites is 1. The third-order valence-electron chi connectivity index (χ3n) is 6.11. The Labute approximate surface area is 184 Å². The van der Waals surface area contributed by atoms with Crippen molar-refractivity contribution in [2.45, 2.75) is 18.8 Å². The minimum absolute atomic E-state index is 0.0378. The molecule has 0 radical (unpaired) electrons. The van der Waals surface area contributed by atoms with Crippen molar-refractivity contribution in [3.63, 3.8) is 0 Å². The van der Waals surface area contributed by atoms with E-state index in [1.54, 1.807) is 18.5 Å². The lowest BCUT2D eigenvalue weighted by Gasteiger charge is -2.23. The van der Waals surface area contributed by atoms with Gasteiger partial charge in [-0.3, -0.25) is 9.30 Å². The fourth-order valence-electron chi connectivity index (χ4n) is 4.43. The van der Waals surface area contributed by atoms with E-state index in [-0.39, 0.29) is 5.75 Å². The smallest absolute Gasteiger partial charge is 0.236 e. The summed E-state index contributed by atoms with van der Waals surface area (Å²) in [7, 11) is 0.0398. The maximum atomic E-state index is 12.9. The van der Waals surface area contributed by atoms with Crippen LogP contribution >= 0.6 is 0 Å². The van der Waals surface area contributed by atoms with Crippen LogP contribution < -0.4 is 14.4 Å². The average molecular weight is 443 g/mol. The fraction of sp³-hybridized carbons (Fsp3) is 0.435. The number of nitrogens with zero attached hydrogens (tertiary/aromatic N) is 3. The van der Waals surface area contributed by atoms with Gasteiger partial charge in [-0.1, -0.05) is 30.3 Å². The minimum Gasteiger partial charge on any atom is -0.497 e. The quantitative estimate of drug-likeness (QED) is 0.550. The van der Waals surface area contributed by atoms with E-state index in [1.165, 1.54) is 5.56 Å². The number of hydrogen-bond donors (Lipinski definition) is 1. The Morgan fingerprint density at radius 2 is 1.94 bits per heavy atom. The topological polar surface area (TPSA) is 74.2 Å². The Morgan fingerprint density at radius 3 is 2.68 bits per heavy atom. The number of aliphatic imine (C=N–C) groups is 1. The monoisotopic (exact) mass is 442 g/mol. The van der Waals surface area contributed by atoms with Crippen LogP contribution in [0.1, 0.15) is 23.5 Å². The molecule has 2 aliphatic rings. The van der Waals surface area contributed by atoms with Crippen molar-refractivity contribution >= 4 is 21.7 Å². The van der Waals surface area contributed by atoms with Crippen LogP contribution in [0.25, 0.3) is 0 Å². The van der Waals surface area contributed by atoms with Gasteiger partial charge in [-0.15, -0.1) is 0 Å². The molecule has 1 fully saturated rings. The zero-order valence-corrected chi connectivity index (χ0v) is 18.9. The van der Waals surface area contributed by atoms with Gasteiger partial charge in [-0.2, -0.15) is 0 Å². The van der Waals surface area contributed by atoms with Crippen molar-refractivity contribution in [3.05, 3.63) is 59.7 Å². The number of nitrogens with one attached hydrogen (secondary N) is 1. The van der Waals surface area contributed by atoms with E-state index >= 15 is 0 Å². The molecule has 1 N–H and O–H groups in total. The first-order valence-corrected chi connectivity index (χ1v) is 12.3. The molecule has 7 nitrogen and oxygen atoms in total. The summed E-state index contributed by atoms with van der Waals surface area (Å²) in [6, 6.07) is 15.9. The van der Waals surface area contributed by atoms with Gasteiger partial charge in [0.15, 0.2) is 5.96 Å². The predicted octanol–water partition coefficient (Wildman–Crippen LogP) is 2.45. The van der Waals surface area contributed by atoms with E-state index in [9.17, 15) is 8.42 Å². The third-order valence-corrected chi connectivity index (χ3v) is 7.88. The predicted molar refractivity (Wildman–Crippen MR) is 125 cm³/mol. The molecule has 0 bridgehead atoms. The molecule has 2 heterocycles. The number of anilines is 1. The number of hydrogen-bond acceptors (Lipinski definition) is 4. The van der Waals surface area contributed by atoms with Crippen LogP contribution in [0, 0.1) is 0 Å². The van der Waals surface area contributed by atoms with Crippen molar-refractivity contribution in [1.29, 1.82) is 0 Å². The van der Waals surface area contributed by atoms with E-state index in [4.69, 9.17) is 4.74 Å². The molecule has 0 spiro atoms. The Balaban J connectivity index is 1.32. The SMILES string of the molecule is CN=C(NCCS(=O)(=O)N1CCc2ccccc21)N1CCC(c2ccc(OC)cc2)C1. The first-order chi connectivity index (χ1) is 15.0. The molecule has 166 valence electrons. The summed E-state index contributed by atoms with van der Waals surface area (Å²) in [5.41, 5.74) is 3.19. The Morgan fingerprint density at radius 1 is 1.16 bits per heavy atom. The van der Waals surface area contributed by atoms with Gasteiger partial charge < -0.3 is 15.0 Å². The van der Waals surface area contributed by atoms with Crippen molar-refractivity contribution in [3.8, 4) is 5.75 Å². The molecule has 2 aromatic rings. The second kappa shape index (κ2) is 9.18. The summed E-state index contributed by atoms with van der Waals surface area (Å²) in [6.45, 7) is 2.60. The van der Waals surface area contributed by atoms with Crippen LogP contribution in [0.3, 0.4) is 0 Å². The minimum atomic E-state index is -3.38. The van der Waals surface area contributed by atoms with Crippen LogP contribution in [0.15, 0.2) is 53.5 Å². The number of ether oxygens (including phenoxy) is 1. The highest BCUT2D eigenvalue weighted by Crippen LogP contribution is 2.30. The summed E-state index contributed by atoms with van der Waals surface area (Å²) >= 11 is 0. The molecule has 0 aliphatic carbocycles. The summed E-state index contributed by atoms with van der Waals surface area (Å²) < 4.78 is 32.6. The van der Waals surface area contributed by atoms with Gasteiger partial charge in [-0.05, 0) is 42.2 Å². The van der Waals surface area contributed by atoms with Gasteiger partial charge in [0.05, 0.1) is 18.6 Å². The molecular formula is C23H30N4O3S. The molecule has 0 amide bonds. The second-order valence-corrected chi connectivity index (χ2v) is 9.96. The van der Waals surface area contributed by atoms with Gasteiger partial charge >= 0.3 is 0 Å². The summed E-state index contributed by atoms with van der Waals surface area (Å²) in [6.07, 6.45) is 1.81. The van der Waals surface area contributed by atoms with Crippen LogP contribution in [0.4, 0.5) is 5.69 Å². The van der Waals surface area contributed by atoms with Crippen LogP contribution in [-0.4, -0.2) is 65.4 Å². The van der Waals surface area contributed by atoms with Gasteiger partial charge in [0.2, 0.25) is 10.0 Å². The lowest BCUT2D eigenvalue weighted by molar-refractivity contribution is 0.414. The van der Waals surface area contributed by atoms with E-state index in [0.717, 1.165) is 48.9 Å². The maximum Gasteiger partial charge on any atom is 0.236 e. The Kier molecular flexibility index (Phi) is 6.36.